The Morgan fingerprint density at radius 2 is 1.85 bits per heavy atom. The number of anilines is 2. The number of nitrogens with one attached hydrogen (secondary N) is 2. The van der Waals surface area contributed by atoms with Crippen LogP contribution in [0.15, 0.2) is 42.5 Å². The molecule has 26 heavy (non-hydrogen) atoms. The summed E-state index contributed by atoms with van der Waals surface area (Å²) < 4.78 is 1.83. The third-order valence-electron chi connectivity index (χ3n) is 4.26. The second-order valence-electron chi connectivity index (χ2n) is 6.56. The van der Waals surface area contributed by atoms with Crippen LogP contribution < -0.4 is 10.6 Å². The maximum atomic E-state index is 12.7. The smallest absolute Gasteiger partial charge is 0.244 e. The number of amides is 1. The Bertz CT molecular complexity index is 910. The maximum Gasteiger partial charge on any atom is 0.244 e. The van der Waals surface area contributed by atoms with Gasteiger partial charge >= 0.3 is 0 Å². The van der Waals surface area contributed by atoms with Gasteiger partial charge in [-0.15, -0.1) is 0 Å². The standard InChI is InChI=1S/C20H24N4O2/c1-13-7-6-8-14(2)19(13)23-18(26)12-24-17-10-5-4-9-16(17)22-20(24)21-11-15(3)25/h4-10,15,25H,11-12H2,1-3H3,(H,21,22)(H,23,26). The van der Waals surface area contributed by atoms with Crippen LogP contribution in [0.1, 0.15) is 18.1 Å². The van der Waals surface area contributed by atoms with E-state index in [1.807, 2.05) is 60.9 Å². The molecule has 0 saturated heterocycles. The van der Waals surface area contributed by atoms with Gasteiger partial charge in [0, 0.05) is 12.2 Å². The van der Waals surface area contributed by atoms with Gasteiger partial charge in [0.05, 0.1) is 17.1 Å². The average Bonchev–Trinajstić information content (AvgIpc) is 2.94. The molecule has 0 radical (unpaired) electrons. The number of hydrogen-bond acceptors (Lipinski definition) is 4. The minimum atomic E-state index is -0.508. The Kier molecular flexibility index (Phi) is 5.23. The van der Waals surface area contributed by atoms with Crippen molar-refractivity contribution in [2.24, 2.45) is 0 Å². The number of hydrogen-bond donors (Lipinski definition) is 3. The zero-order valence-corrected chi connectivity index (χ0v) is 15.3. The van der Waals surface area contributed by atoms with Crippen molar-refractivity contribution in [3.63, 3.8) is 0 Å². The Morgan fingerprint density at radius 1 is 1.15 bits per heavy atom. The number of fused-ring (bicyclic) bond motifs is 1. The average molecular weight is 352 g/mol. The van der Waals surface area contributed by atoms with Gasteiger partial charge in [-0.1, -0.05) is 30.3 Å². The van der Waals surface area contributed by atoms with Crippen LogP contribution in [0, 0.1) is 13.8 Å². The van der Waals surface area contributed by atoms with Gasteiger partial charge in [-0.3, -0.25) is 4.79 Å². The Balaban J connectivity index is 1.87. The van der Waals surface area contributed by atoms with Crippen LogP contribution in [0.2, 0.25) is 0 Å². The summed E-state index contributed by atoms with van der Waals surface area (Å²) in [6, 6.07) is 13.6. The van der Waals surface area contributed by atoms with Crippen molar-refractivity contribution < 1.29 is 9.90 Å². The molecule has 1 atom stereocenters. The summed E-state index contributed by atoms with van der Waals surface area (Å²) in [6.45, 7) is 6.15. The Morgan fingerprint density at radius 3 is 2.54 bits per heavy atom. The molecular weight excluding hydrogens is 328 g/mol. The highest BCUT2D eigenvalue weighted by molar-refractivity contribution is 5.93. The number of benzene rings is 2. The van der Waals surface area contributed by atoms with Crippen LogP contribution in [0.5, 0.6) is 0 Å². The summed E-state index contributed by atoms with van der Waals surface area (Å²) in [5.41, 5.74) is 4.58. The molecule has 0 aliphatic heterocycles. The molecule has 0 saturated carbocycles. The first-order valence-electron chi connectivity index (χ1n) is 8.69. The van der Waals surface area contributed by atoms with Crippen molar-refractivity contribution in [1.82, 2.24) is 9.55 Å². The minimum Gasteiger partial charge on any atom is -0.392 e. The van der Waals surface area contributed by atoms with Crippen molar-refractivity contribution in [3.05, 3.63) is 53.6 Å². The zero-order chi connectivity index (χ0) is 18.7. The number of imidazole rings is 1. The van der Waals surface area contributed by atoms with Crippen LogP contribution in [-0.2, 0) is 11.3 Å². The molecule has 1 aromatic heterocycles. The second-order valence-corrected chi connectivity index (χ2v) is 6.56. The summed E-state index contributed by atoms with van der Waals surface area (Å²) in [5.74, 6) is 0.453. The lowest BCUT2D eigenvalue weighted by Crippen LogP contribution is -2.23. The van der Waals surface area contributed by atoms with E-state index in [0.29, 0.717) is 12.5 Å². The van der Waals surface area contributed by atoms with Crippen LogP contribution in [0.4, 0.5) is 11.6 Å². The Labute approximate surface area is 152 Å². The zero-order valence-electron chi connectivity index (χ0n) is 15.3. The molecule has 0 bridgehead atoms. The van der Waals surface area contributed by atoms with Crippen molar-refractivity contribution >= 4 is 28.6 Å². The monoisotopic (exact) mass is 352 g/mol. The van der Waals surface area contributed by atoms with E-state index >= 15 is 0 Å². The molecule has 1 heterocycles. The molecule has 136 valence electrons. The van der Waals surface area contributed by atoms with Gasteiger partial charge in [0.1, 0.15) is 6.54 Å². The first-order chi connectivity index (χ1) is 12.5. The van der Waals surface area contributed by atoms with Crippen molar-refractivity contribution in [2.75, 3.05) is 17.2 Å². The highest BCUT2D eigenvalue weighted by Gasteiger charge is 2.15. The quantitative estimate of drug-likeness (QED) is 0.637. The highest BCUT2D eigenvalue weighted by Crippen LogP contribution is 2.22. The molecule has 1 amide bonds. The van der Waals surface area contributed by atoms with Crippen molar-refractivity contribution in [1.29, 1.82) is 0 Å². The lowest BCUT2D eigenvalue weighted by atomic mass is 10.1. The topological polar surface area (TPSA) is 79.2 Å². The van der Waals surface area contributed by atoms with Gasteiger partial charge < -0.3 is 20.3 Å². The number of nitrogens with zero attached hydrogens (tertiary/aromatic N) is 2. The highest BCUT2D eigenvalue weighted by atomic mass is 16.3. The van der Waals surface area contributed by atoms with Crippen molar-refractivity contribution in [2.45, 2.75) is 33.4 Å². The maximum absolute atomic E-state index is 12.7. The van der Waals surface area contributed by atoms with Crippen LogP contribution in [0.25, 0.3) is 11.0 Å². The summed E-state index contributed by atoms with van der Waals surface area (Å²) in [6.07, 6.45) is -0.508. The predicted octanol–water partition coefficient (Wildman–Crippen LogP) is 3.08. The number of aromatic nitrogens is 2. The normalized spacial score (nSPS) is 12.2. The van der Waals surface area contributed by atoms with E-state index in [1.165, 1.54) is 0 Å². The number of aliphatic hydroxyl groups excluding tert-OH is 1. The van der Waals surface area contributed by atoms with E-state index in [1.54, 1.807) is 6.92 Å². The van der Waals surface area contributed by atoms with Gasteiger partial charge in [-0.2, -0.15) is 0 Å². The molecule has 3 aromatic rings. The third kappa shape index (κ3) is 3.86. The van der Waals surface area contributed by atoms with Gasteiger partial charge in [-0.25, -0.2) is 4.98 Å². The van der Waals surface area contributed by atoms with Gasteiger partial charge in [0.15, 0.2) is 0 Å². The molecule has 0 spiro atoms. The number of aryl methyl sites for hydroxylation is 2. The van der Waals surface area contributed by atoms with E-state index in [4.69, 9.17) is 0 Å². The summed E-state index contributed by atoms with van der Waals surface area (Å²) in [5, 5.41) is 15.7. The number of aliphatic hydroxyl groups is 1. The van der Waals surface area contributed by atoms with E-state index in [2.05, 4.69) is 15.6 Å². The predicted molar refractivity (Wildman–Crippen MR) is 104 cm³/mol. The van der Waals surface area contributed by atoms with E-state index in [-0.39, 0.29) is 12.5 Å². The van der Waals surface area contributed by atoms with Crippen LogP contribution in [0.3, 0.4) is 0 Å². The van der Waals surface area contributed by atoms with Crippen LogP contribution >= 0.6 is 0 Å². The lowest BCUT2D eigenvalue weighted by molar-refractivity contribution is -0.116. The second kappa shape index (κ2) is 7.58. The Hall–Kier alpha value is -2.86. The molecule has 2 aromatic carbocycles. The largest absolute Gasteiger partial charge is 0.392 e. The molecular formula is C20H24N4O2. The SMILES string of the molecule is Cc1cccc(C)c1NC(=O)Cn1c(NCC(C)O)nc2ccccc21. The molecule has 6 heteroatoms. The first kappa shape index (κ1) is 17.9. The van der Waals surface area contributed by atoms with E-state index in [0.717, 1.165) is 27.8 Å². The fraction of sp³-hybridized carbons (Fsp3) is 0.300. The van der Waals surface area contributed by atoms with Crippen LogP contribution in [-0.4, -0.2) is 33.2 Å². The molecule has 3 N–H and O–H groups in total. The fourth-order valence-electron chi connectivity index (χ4n) is 2.94. The van der Waals surface area contributed by atoms with E-state index in [9.17, 15) is 9.90 Å². The number of carbonyl (C=O) groups excluding carboxylic acids is 1. The van der Waals surface area contributed by atoms with Gasteiger partial charge in [0.25, 0.3) is 0 Å². The fourth-order valence-corrected chi connectivity index (χ4v) is 2.94. The number of rotatable bonds is 6. The molecule has 1 unspecified atom stereocenters. The number of para-hydroxylation sites is 3. The first-order valence-corrected chi connectivity index (χ1v) is 8.69. The molecule has 0 aliphatic carbocycles. The number of carbonyl (C=O) groups is 1. The lowest BCUT2D eigenvalue weighted by Gasteiger charge is -2.14. The van der Waals surface area contributed by atoms with Gasteiger partial charge in [-0.05, 0) is 44.0 Å². The third-order valence-corrected chi connectivity index (χ3v) is 4.26. The summed E-state index contributed by atoms with van der Waals surface area (Å²) >= 11 is 0. The van der Waals surface area contributed by atoms with Gasteiger partial charge in [0.2, 0.25) is 11.9 Å². The van der Waals surface area contributed by atoms with Crippen molar-refractivity contribution in [3.8, 4) is 0 Å². The molecule has 0 aliphatic rings. The summed E-state index contributed by atoms with van der Waals surface area (Å²) in [4.78, 5) is 17.2. The molecule has 0 fully saturated rings. The van der Waals surface area contributed by atoms with E-state index < -0.39 is 6.10 Å². The molecule has 6 nitrogen and oxygen atoms in total. The molecule has 3 rings (SSSR count). The summed E-state index contributed by atoms with van der Waals surface area (Å²) in [7, 11) is 0. The minimum absolute atomic E-state index is 0.120.